The first-order valence-electron chi connectivity index (χ1n) is 6.18. The highest BCUT2D eigenvalue weighted by molar-refractivity contribution is 5.86. The normalized spacial score (nSPS) is 14.2. The van der Waals surface area contributed by atoms with Gasteiger partial charge in [-0.25, -0.2) is 5.84 Å². The fraction of sp³-hybridized carbons (Fsp3) is 0.545. The van der Waals surface area contributed by atoms with Crippen molar-refractivity contribution in [2.75, 3.05) is 31.0 Å². The van der Waals surface area contributed by atoms with Crippen LogP contribution in [-0.4, -0.2) is 51.1 Å². The number of ether oxygens (including phenoxy) is 1. The summed E-state index contributed by atoms with van der Waals surface area (Å²) in [5, 5.41) is 20.7. The summed E-state index contributed by atoms with van der Waals surface area (Å²) in [7, 11) is 1.60. The summed E-state index contributed by atoms with van der Waals surface area (Å²) in [6.07, 6.45) is 2.12. The molecule has 0 saturated heterocycles. The van der Waals surface area contributed by atoms with E-state index in [0.29, 0.717) is 31.0 Å². The second kappa shape index (κ2) is 5.99. The second-order valence-electron chi connectivity index (χ2n) is 4.77. The zero-order chi connectivity index (χ0) is 14.6. The predicted octanol–water partition coefficient (Wildman–Crippen LogP) is -0.162. The van der Waals surface area contributed by atoms with Crippen LogP contribution in [0.3, 0.4) is 0 Å². The molecule has 1 atom stereocenters. The third kappa shape index (κ3) is 3.32. The zero-order valence-electron chi connectivity index (χ0n) is 11.5. The molecule has 9 heteroatoms. The number of anilines is 2. The summed E-state index contributed by atoms with van der Waals surface area (Å²) in [5.41, 5.74) is 2.04. The molecule has 0 aromatic carbocycles. The topological polar surface area (TPSA) is 134 Å². The summed E-state index contributed by atoms with van der Waals surface area (Å²) in [6, 6.07) is 0. The smallest absolute Gasteiger partial charge is 0.241 e. The maximum absolute atomic E-state index is 10.2. The number of methoxy groups -OCH3 is 1. The summed E-state index contributed by atoms with van der Waals surface area (Å²) in [4.78, 5) is 8.33. The molecule has 0 aliphatic rings. The molecule has 2 aromatic rings. The fourth-order valence-corrected chi connectivity index (χ4v) is 1.72. The molecule has 0 spiro atoms. The number of aliphatic hydroxyl groups is 1. The van der Waals surface area contributed by atoms with Crippen molar-refractivity contribution in [1.29, 1.82) is 0 Å². The lowest BCUT2D eigenvalue weighted by Crippen LogP contribution is -2.35. The van der Waals surface area contributed by atoms with Crippen LogP contribution in [0.25, 0.3) is 11.0 Å². The maximum atomic E-state index is 10.2. The number of hydrogen-bond acceptors (Lipinski definition) is 8. The van der Waals surface area contributed by atoms with E-state index in [2.05, 4.69) is 30.9 Å². The molecule has 2 aromatic heterocycles. The van der Waals surface area contributed by atoms with E-state index in [1.54, 1.807) is 20.2 Å². The standard InChI is InChI=1S/C11H19N7O2/c1-11(19,3-4-20-2)6-13-8-7-5-14-18-9(7)16-10(15-8)17-12/h5,19H,3-4,6,12H2,1-2H3,(H3,13,14,15,16,17,18). The quantitative estimate of drug-likeness (QED) is 0.349. The summed E-state index contributed by atoms with van der Waals surface area (Å²) >= 11 is 0. The number of rotatable bonds is 7. The Morgan fingerprint density at radius 3 is 3.00 bits per heavy atom. The molecule has 0 bridgehead atoms. The highest BCUT2D eigenvalue weighted by Crippen LogP contribution is 2.20. The number of hydrogen-bond donors (Lipinski definition) is 5. The number of fused-ring (bicyclic) bond motifs is 1. The van der Waals surface area contributed by atoms with Crippen molar-refractivity contribution in [2.45, 2.75) is 18.9 Å². The summed E-state index contributed by atoms with van der Waals surface area (Å²) < 4.78 is 4.97. The van der Waals surface area contributed by atoms with Gasteiger partial charge in [-0.3, -0.25) is 10.5 Å². The Bertz CT molecular complexity index is 569. The van der Waals surface area contributed by atoms with Gasteiger partial charge in [0.25, 0.3) is 0 Å². The Balaban J connectivity index is 2.14. The molecule has 1 unspecified atom stereocenters. The van der Waals surface area contributed by atoms with Gasteiger partial charge in [-0.15, -0.1) is 0 Å². The molecular formula is C11H19N7O2. The van der Waals surface area contributed by atoms with Crippen LogP contribution in [0.15, 0.2) is 6.20 Å². The summed E-state index contributed by atoms with van der Waals surface area (Å²) in [6.45, 7) is 2.53. The first-order chi connectivity index (χ1) is 9.55. The number of hydrazine groups is 1. The van der Waals surface area contributed by atoms with E-state index in [-0.39, 0.29) is 5.95 Å². The van der Waals surface area contributed by atoms with Gasteiger partial charge in [-0.05, 0) is 6.92 Å². The third-order valence-electron chi connectivity index (χ3n) is 2.92. The lowest BCUT2D eigenvalue weighted by atomic mass is 10.0. The second-order valence-corrected chi connectivity index (χ2v) is 4.77. The van der Waals surface area contributed by atoms with Crippen LogP contribution >= 0.6 is 0 Å². The third-order valence-corrected chi connectivity index (χ3v) is 2.92. The molecule has 0 radical (unpaired) electrons. The van der Waals surface area contributed by atoms with Crippen molar-refractivity contribution in [1.82, 2.24) is 20.2 Å². The number of aromatic amines is 1. The molecule has 110 valence electrons. The molecule has 0 fully saturated rings. The van der Waals surface area contributed by atoms with Crippen molar-refractivity contribution in [3.8, 4) is 0 Å². The Kier molecular flexibility index (Phi) is 4.32. The molecule has 2 heterocycles. The van der Waals surface area contributed by atoms with E-state index in [0.717, 1.165) is 5.39 Å². The van der Waals surface area contributed by atoms with E-state index >= 15 is 0 Å². The van der Waals surface area contributed by atoms with Crippen molar-refractivity contribution in [3.05, 3.63) is 6.20 Å². The van der Waals surface area contributed by atoms with Gasteiger partial charge >= 0.3 is 0 Å². The van der Waals surface area contributed by atoms with Crippen LogP contribution < -0.4 is 16.6 Å². The fourth-order valence-electron chi connectivity index (χ4n) is 1.72. The number of aromatic nitrogens is 4. The Hall–Kier alpha value is -1.97. The first kappa shape index (κ1) is 14.4. The minimum atomic E-state index is -0.909. The number of nitrogens with two attached hydrogens (primary N) is 1. The van der Waals surface area contributed by atoms with Crippen LogP contribution in [0.5, 0.6) is 0 Å². The molecule has 0 aliphatic heterocycles. The van der Waals surface area contributed by atoms with Gasteiger partial charge in [0.1, 0.15) is 5.82 Å². The molecule has 9 nitrogen and oxygen atoms in total. The first-order valence-corrected chi connectivity index (χ1v) is 6.18. The van der Waals surface area contributed by atoms with Crippen molar-refractivity contribution in [3.63, 3.8) is 0 Å². The van der Waals surface area contributed by atoms with Gasteiger partial charge in [0.2, 0.25) is 5.95 Å². The molecule has 6 N–H and O–H groups in total. The minimum Gasteiger partial charge on any atom is -0.388 e. The van der Waals surface area contributed by atoms with Gasteiger partial charge in [0.05, 0.1) is 17.2 Å². The van der Waals surface area contributed by atoms with Crippen LogP contribution in [0.4, 0.5) is 11.8 Å². The molecule has 0 amide bonds. The number of nitrogen functional groups attached to an aromatic ring is 1. The van der Waals surface area contributed by atoms with Crippen LogP contribution in [0, 0.1) is 0 Å². The van der Waals surface area contributed by atoms with E-state index < -0.39 is 5.60 Å². The van der Waals surface area contributed by atoms with Crippen LogP contribution in [-0.2, 0) is 4.74 Å². The average Bonchev–Trinajstić information content (AvgIpc) is 2.90. The Labute approximate surface area is 115 Å². The maximum Gasteiger partial charge on any atom is 0.241 e. The lowest BCUT2D eigenvalue weighted by molar-refractivity contribution is 0.0357. The van der Waals surface area contributed by atoms with E-state index in [9.17, 15) is 5.11 Å². The van der Waals surface area contributed by atoms with Gasteiger partial charge < -0.3 is 15.2 Å². The van der Waals surface area contributed by atoms with Crippen molar-refractivity contribution >= 4 is 22.8 Å². The molecule has 0 aliphatic carbocycles. The molecular weight excluding hydrogens is 262 g/mol. The monoisotopic (exact) mass is 281 g/mol. The Morgan fingerprint density at radius 1 is 1.50 bits per heavy atom. The number of nitrogens with zero attached hydrogens (tertiary/aromatic N) is 3. The van der Waals surface area contributed by atoms with Gasteiger partial charge in [0, 0.05) is 26.7 Å². The largest absolute Gasteiger partial charge is 0.388 e. The van der Waals surface area contributed by atoms with Gasteiger partial charge in [0.15, 0.2) is 5.65 Å². The van der Waals surface area contributed by atoms with Crippen LogP contribution in [0.1, 0.15) is 13.3 Å². The van der Waals surface area contributed by atoms with Crippen molar-refractivity contribution < 1.29 is 9.84 Å². The van der Waals surface area contributed by atoms with Gasteiger partial charge in [-0.2, -0.15) is 15.1 Å². The molecule has 20 heavy (non-hydrogen) atoms. The summed E-state index contributed by atoms with van der Waals surface area (Å²) in [5.74, 6) is 6.14. The SMILES string of the molecule is COCCC(C)(O)CNc1nc(NN)nc2[nH]ncc12. The molecule has 2 rings (SSSR count). The Morgan fingerprint density at radius 2 is 2.30 bits per heavy atom. The van der Waals surface area contributed by atoms with Crippen molar-refractivity contribution in [2.24, 2.45) is 5.84 Å². The van der Waals surface area contributed by atoms with Gasteiger partial charge in [-0.1, -0.05) is 0 Å². The zero-order valence-corrected chi connectivity index (χ0v) is 11.5. The van der Waals surface area contributed by atoms with E-state index in [1.807, 2.05) is 0 Å². The van der Waals surface area contributed by atoms with E-state index in [4.69, 9.17) is 10.6 Å². The highest BCUT2D eigenvalue weighted by Gasteiger charge is 2.21. The predicted molar refractivity (Wildman–Crippen MR) is 75.1 cm³/mol. The minimum absolute atomic E-state index is 0.265. The van der Waals surface area contributed by atoms with Crippen LogP contribution in [0.2, 0.25) is 0 Å². The number of nitrogens with one attached hydrogen (secondary N) is 3. The lowest BCUT2D eigenvalue weighted by Gasteiger charge is -2.23. The highest BCUT2D eigenvalue weighted by atomic mass is 16.5. The number of H-pyrrole nitrogens is 1. The van der Waals surface area contributed by atoms with E-state index in [1.165, 1.54) is 0 Å². The molecule has 0 saturated carbocycles. The average molecular weight is 281 g/mol.